The molecular formula is C29H33F4N3O6. The van der Waals surface area contributed by atoms with Crippen LogP contribution in [0.1, 0.15) is 44.7 Å². The van der Waals surface area contributed by atoms with Gasteiger partial charge in [-0.05, 0) is 58.1 Å². The molecule has 0 saturated heterocycles. The van der Waals surface area contributed by atoms with Crippen LogP contribution >= 0.6 is 0 Å². The van der Waals surface area contributed by atoms with E-state index >= 15 is 4.39 Å². The summed E-state index contributed by atoms with van der Waals surface area (Å²) in [6.07, 6.45) is -4.92. The summed E-state index contributed by atoms with van der Waals surface area (Å²) in [6.45, 7) is 3.79. The standard InChI is InChI=1S/C29H33F4N3O6/c1-28(2,3)42-23(37)15-35(26(38)29(31,32)33)25-22(41-16-18-7-5-4-6-8-18)12-21-20(24(25)30)11-19(36(21)27(39)40)14-34-13-17-9-10-17/h4-8,12,17,19,34H,9-11,13-16H2,1-3H3,(H,39,40)/t19-/m1/s1. The lowest BCUT2D eigenvalue weighted by Gasteiger charge is -2.28. The fourth-order valence-corrected chi connectivity index (χ4v) is 4.78. The maximum absolute atomic E-state index is 16.4. The molecule has 228 valence electrons. The third-order valence-corrected chi connectivity index (χ3v) is 6.77. The smallest absolute Gasteiger partial charge is 0.471 e. The van der Waals surface area contributed by atoms with Crippen molar-refractivity contribution in [2.45, 2.75) is 64.5 Å². The number of hydrogen-bond acceptors (Lipinski definition) is 6. The summed E-state index contributed by atoms with van der Waals surface area (Å²) in [5.74, 6) is -5.04. The van der Waals surface area contributed by atoms with Crippen LogP contribution in [0.2, 0.25) is 0 Å². The Hall–Kier alpha value is -3.87. The molecule has 0 spiro atoms. The number of nitrogens with zero attached hydrogens (tertiary/aromatic N) is 2. The predicted molar refractivity (Wildman–Crippen MR) is 145 cm³/mol. The van der Waals surface area contributed by atoms with Crippen molar-refractivity contribution >= 4 is 29.3 Å². The summed E-state index contributed by atoms with van der Waals surface area (Å²) in [4.78, 5) is 38.5. The molecule has 2 N–H and O–H groups in total. The van der Waals surface area contributed by atoms with E-state index in [4.69, 9.17) is 9.47 Å². The third kappa shape index (κ3) is 7.50. The number of anilines is 2. The average molecular weight is 596 g/mol. The third-order valence-electron chi connectivity index (χ3n) is 6.77. The number of fused-ring (bicyclic) bond motifs is 1. The van der Waals surface area contributed by atoms with E-state index in [1.165, 1.54) is 20.8 Å². The number of hydrogen-bond donors (Lipinski definition) is 2. The van der Waals surface area contributed by atoms with E-state index in [0.29, 0.717) is 18.0 Å². The maximum Gasteiger partial charge on any atom is 0.471 e. The summed E-state index contributed by atoms with van der Waals surface area (Å²) >= 11 is 0. The van der Waals surface area contributed by atoms with Crippen molar-refractivity contribution in [2.75, 3.05) is 29.4 Å². The molecule has 2 aromatic rings. The summed E-state index contributed by atoms with van der Waals surface area (Å²) in [5.41, 5.74) is -1.77. The van der Waals surface area contributed by atoms with Gasteiger partial charge in [0.1, 0.15) is 30.2 Å². The highest BCUT2D eigenvalue weighted by atomic mass is 19.4. The number of carbonyl (C=O) groups excluding carboxylic acids is 2. The van der Waals surface area contributed by atoms with Gasteiger partial charge in [0.2, 0.25) is 0 Å². The Morgan fingerprint density at radius 3 is 2.33 bits per heavy atom. The molecule has 2 aromatic carbocycles. The minimum atomic E-state index is -5.48. The first kappa shape index (κ1) is 31.1. The molecule has 2 amide bonds. The lowest BCUT2D eigenvalue weighted by molar-refractivity contribution is -0.171. The van der Waals surface area contributed by atoms with Crippen molar-refractivity contribution in [1.29, 1.82) is 0 Å². The van der Waals surface area contributed by atoms with Crippen molar-refractivity contribution in [3.63, 3.8) is 0 Å². The molecular weight excluding hydrogens is 562 g/mol. The molecule has 42 heavy (non-hydrogen) atoms. The van der Waals surface area contributed by atoms with Gasteiger partial charge in [-0.3, -0.25) is 19.4 Å². The molecule has 9 nitrogen and oxygen atoms in total. The molecule has 1 atom stereocenters. The number of esters is 1. The van der Waals surface area contributed by atoms with Gasteiger partial charge in [-0.25, -0.2) is 9.18 Å². The van der Waals surface area contributed by atoms with Crippen molar-refractivity contribution in [3.05, 3.63) is 53.3 Å². The topological polar surface area (TPSA) is 108 Å². The largest absolute Gasteiger partial charge is 0.487 e. The van der Waals surface area contributed by atoms with Crippen LogP contribution in [-0.4, -0.2) is 60.5 Å². The molecule has 0 bridgehead atoms. The highest BCUT2D eigenvalue weighted by Gasteiger charge is 2.47. The van der Waals surface area contributed by atoms with Crippen molar-refractivity contribution in [3.8, 4) is 5.75 Å². The maximum atomic E-state index is 16.4. The van der Waals surface area contributed by atoms with Crippen LogP contribution in [0, 0.1) is 11.7 Å². The summed E-state index contributed by atoms with van der Waals surface area (Å²) in [5, 5.41) is 13.2. The second-order valence-electron chi connectivity index (χ2n) is 11.4. The van der Waals surface area contributed by atoms with Crippen molar-refractivity contribution < 1.29 is 46.5 Å². The van der Waals surface area contributed by atoms with E-state index in [-0.39, 0.29) is 35.7 Å². The van der Waals surface area contributed by atoms with E-state index in [1.54, 1.807) is 30.3 Å². The highest BCUT2D eigenvalue weighted by molar-refractivity contribution is 6.03. The second-order valence-corrected chi connectivity index (χ2v) is 11.4. The van der Waals surface area contributed by atoms with Gasteiger partial charge in [0, 0.05) is 18.2 Å². The Bertz CT molecular complexity index is 1330. The molecule has 2 aliphatic rings. The zero-order chi connectivity index (χ0) is 30.8. The number of alkyl halides is 3. The zero-order valence-corrected chi connectivity index (χ0v) is 23.5. The minimum absolute atomic E-state index is 0.0478. The summed E-state index contributed by atoms with van der Waals surface area (Å²) in [6, 6.07) is 8.78. The minimum Gasteiger partial charge on any atom is -0.487 e. The monoisotopic (exact) mass is 595 g/mol. The van der Waals surface area contributed by atoms with E-state index in [2.05, 4.69) is 5.32 Å². The van der Waals surface area contributed by atoms with Crippen LogP contribution in [0.25, 0.3) is 0 Å². The number of amides is 2. The van der Waals surface area contributed by atoms with Crippen LogP contribution in [0.5, 0.6) is 5.75 Å². The first-order valence-corrected chi connectivity index (χ1v) is 13.5. The Labute approximate surface area is 240 Å². The van der Waals surface area contributed by atoms with Gasteiger partial charge in [-0.1, -0.05) is 30.3 Å². The van der Waals surface area contributed by atoms with E-state index < -0.39 is 59.6 Å². The Balaban J connectivity index is 1.79. The number of ether oxygens (including phenoxy) is 2. The Kier molecular flexibility index (Phi) is 9.00. The first-order valence-electron chi connectivity index (χ1n) is 13.5. The van der Waals surface area contributed by atoms with Gasteiger partial charge in [0.05, 0.1) is 11.7 Å². The van der Waals surface area contributed by atoms with Crippen LogP contribution in [0.3, 0.4) is 0 Å². The molecule has 1 aliphatic heterocycles. The van der Waals surface area contributed by atoms with Gasteiger partial charge in [0.25, 0.3) is 0 Å². The van der Waals surface area contributed by atoms with Crippen molar-refractivity contribution in [1.82, 2.24) is 5.32 Å². The average Bonchev–Trinajstić information content (AvgIpc) is 3.63. The molecule has 1 saturated carbocycles. The molecule has 1 heterocycles. The van der Waals surface area contributed by atoms with Gasteiger partial charge < -0.3 is 19.9 Å². The van der Waals surface area contributed by atoms with Gasteiger partial charge in [-0.15, -0.1) is 0 Å². The lowest BCUT2D eigenvalue weighted by Crippen LogP contribution is -2.46. The number of carboxylic acid groups (broad SMARTS) is 1. The predicted octanol–water partition coefficient (Wildman–Crippen LogP) is 5.05. The Morgan fingerprint density at radius 2 is 1.76 bits per heavy atom. The van der Waals surface area contributed by atoms with E-state index in [9.17, 15) is 32.7 Å². The van der Waals surface area contributed by atoms with Crippen LogP contribution in [0.4, 0.5) is 33.7 Å². The highest BCUT2D eigenvalue weighted by Crippen LogP contribution is 2.45. The number of carbonyl (C=O) groups is 3. The molecule has 1 fully saturated rings. The van der Waals surface area contributed by atoms with Crippen LogP contribution < -0.4 is 19.9 Å². The molecule has 0 aromatic heterocycles. The number of nitrogens with one attached hydrogen (secondary N) is 1. The normalized spacial score (nSPS) is 16.6. The number of benzene rings is 2. The van der Waals surface area contributed by atoms with Gasteiger partial charge >= 0.3 is 24.1 Å². The number of rotatable bonds is 10. The fourth-order valence-electron chi connectivity index (χ4n) is 4.78. The molecule has 4 rings (SSSR count). The van der Waals surface area contributed by atoms with Crippen molar-refractivity contribution in [2.24, 2.45) is 5.92 Å². The zero-order valence-electron chi connectivity index (χ0n) is 23.5. The Morgan fingerprint density at radius 1 is 1.10 bits per heavy atom. The van der Waals surface area contributed by atoms with Crippen LogP contribution in [0.15, 0.2) is 36.4 Å². The van der Waals surface area contributed by atoms with Gasteiger partial charge in [-0.2, -0.15) is 13.2 Å². The number of halogens is 4. The first-order chi connectivity index (χ1) is 19.7. The molecule has 0 radical (unpaired) electrons. The SMILES string of the molecule is CC(C)(C)OC(=O)CN(C(=O)C(F)(F)F)c1c(OCc2ccccc2)cc2c(c1F)C[C@H](CNCC1CC1)N2C(=O)O. The molecule has 0 unspecified atom stereocenters. The molecule has 13 heteroatoms. The lowest BCUT2D eigenvalue weighted by atomic mass is 10.1. The summed E-state index contributed by atoms with van der Waals surface area (Å²) in [7, 11) is 0. The molecule has 1 aliphatic carbocycles. The summed E-state index contributed by atoms with van der Waals surface area (Å²) < 4.78 is 68.7. The quantitative estimate of drug-likeness (QED) is 0.292. The van der Waals surface area contributed by atoms with Crippen LogP contribution in [-0.2, 0) is 27.4 Å². The van der Waals surface area contributed by atoms with Gasteiger partial charge in [0.15, 0.2) is 5.82 Å². The van der Waals surface area contributed by atoms with E-state index in [0.717, 1.165) is 23.8 Å². The second kappa shape index (κ2) is 12.2. The van der Waals surface area contributed by atoms with E-state index in [1.807, 2.05) is 0 Å². The fraction of sp³-hybridized carbons (Fsp3) is 0.483.